The maximum atomic E-state index is 13.1. The van der Waals surface area contributed by atoms with E-state index < -0.39 is 0 Å². The van der Waals surface area contributed by atoms with Gasteiger partial charge in [0.1, 0.15) is 11.1 Å². The summed E-state index contributed by atoms with van der Waals surface area (Å²) in [5, 5.41) is 0.215. The summed E-state index contributed by atoms with van der Waals surface area (Å²) in [6, 6.07) is 7.83. The molecular formula is C17H15N3O3. The molecule has 2 aromatic heterocycles. The molecule has 4 rings (SSSR count). The van der Waals surface area contributed by atoms with Gasteiger partial charge in [0.2, 0.25) is 5.71 Å². The average molecular weight is 309 g/mol. The number of nitrogens with zero attached hydrogens (tertiary/aromatic N) is 2. The number of aromatic nitrogens is 2. The minimum atomic E-state index is -0.365. The molecule has 0 bridgehead atoms. The Bertz CT molecular complexity index is 986. The maximum Gasteiger partial charge on any atom is 0.262 e. The lowest BCUT2D eigenvalue weighted by atomic mass is 10.0. The summed E-state index contributed by atoms with van der Waals surface area (Å²) < 4.78 is 5.50. The minimum absolute atomic E-state index is 0.190. The van der Waals surface area contributed by atoms with Crippen molar-refractivity contribution in [3.63, 3.8) is 0 Å². The van der Waals surface area contributed by atoms with Crippen LogP contribution in [0.2, 0.25) is 0 Å². The Morgan fingerprint density at radius 2 is 2.17 bits per heavy atom. The lowest BCUT2D eigenvalue weighted by Crippen LogP contribution is -2.30. The lowest BCUT2D eigenvalue weighted by molar-refractivity contribution is 0.0988. The van der Waals surface area contributed by atoms with Crippen LogP contribution in [0.5, 0.6) is 0 Å². The van der Waals surface area contributed by atoms with Crippen LogP contribution >= 0.6 is 0 Å². The van der Waals surface area contributed by atoms with Crippen molar-refractivity contribution in [1.82, 2.24) is 9.97 Å². The molecule has 1 N–H and O–H groups in total. The van der Waals surface area contributed by atoms with Gasteiger partial charge in [-0.15, -0.1) is 0 Å². The Kier molecular flexibility index (Phi) is 2.87. The summed E-state index contributed by atoms with van der Waals surface area (Å²) in [4.78, 5) is 33.4. The molecule has 0 aliphatic carbocycles. The van der Waals surface area contributed by atoms with Gasteiger partial charge in [-0.2, -0.15) is 0 Å². The van der Waals surface area contributed by atoms with Gasteiger partial charge in [0.15, 0.2) is 0 Å². The summed E-state index contributed by atoms with van der Waals surface area (Å²) in [6.07, 6.45) is 1.27. The zero-order valence-electron chi connectivity index (χ0n) is 12.8. The summed E-state index contributed by atoms with van der Waals surface area (Å²) in [6.45, 7) is 4.35. The quantitative estimate of drug-likeness (QED) is 0.749. The lowest BCUT2D eigenvalue weighted by Gasteiger charge is -2.17. The standard InChI is InChI=1S/C17H15N3O3/c1-9-7-20(12-6-4-3-5-11(9)12)17(22)13-10(2)23-16-14(13)15(21)18-8-19-16/h3-6,8-9H,7H2,1-2H3,(H,18,19,21)/t9-/m1/s1. The first-order valence-corrected chi connectivity index (χ1v) is 7.45. The van der Waals surface area contributed by atoms with Crippen LogP contribution in [-0.4, -0.2) is 22.4 Å². The number of amides is 1. The molecule has 1 aliphatic rings. The molecule has 0 saturated carbocycles. The van der Waals surface area contributed by atoms with Crippen LogP contribution in [0, 0.1) is 6.92 Å². The fourth-order valence-electron chi connectivity index (χ4n) is 3.26. The molecule has 1 amide bonds. The monoisotopic (exact) mass is 309 g/mol. The Hall–Kier alpha value is -2.89. The van der Waals surface area contributed by atoms with E-state index in [0.29, 0.717) is 17.9 Å². The second-order valence-electron chi connectivity index (χ2n) is 5.82. The first-order valence-electron chi connectivity index (χ1n) is 7.45. The van der Waals surface area contributed by atoms with Gasteiger partial charge >= 0.3 is 0 Å². The third kappa shape index (κ3) is 1.91. The van der Waals surface area contributed by atoms with Crippen molar-refractivity contribution in [2.75, 3.05) is 11.4 Å². The van der Waals surface area contributed by atoms with Crippen LogP contribution in [-0.2, 0) is 0 Å². The number of para-hydroxylation sites is 1. The van der Waals surface area contributed by atoms with Crippen molar-refractivity contribution in [2.45, 2.75) is 19.8 Å². The van der Waals surface area contributed by atoms with Crippen molar-refractivity contribution in [3.05, 3.63) is 57.8 Å². The number of H-pyrrole nitrogens is 1. The maximum absolute atomic E-state index is 13.1. The number of furan rings is 1. The van der Waals surface area contributed by atoms with Gasteiger partial charge in [0.05, 0.1) is 11.9 Å². The molecule has 23 heavy (non-hydrogen) atoms. The number of anilines is 1. The van der Waals surface area contributed by atoms with E-state index in [0.717, 1.165) is 11.3 Å². The Balaban J connectivity index is 1.89. The predicted octanol–water partition coefficient (Wildman–Crippen LogP) is 2.59. The van der Waals surface area contributed by atoms with Crippen molar-refractivity contribution in [1.29, 1.82) is 0 Å². The van der Waals surface area contributed by atoms with E-state index in [1.807, 2.05) is 24.3 Å². The molecule has 3 heterocycles. The molecule has 1 aromatic carbocycles. The molecule has 6 heteroatoms. The number of fused-ring (bicyclic) bond motifs is 2. The molecule has 0 radical (unpaired) electrons. The van der Waals surface area contributed by atoms with Crippen molar-refractivity contribution >= 4 is 22.7 Å². The smallest absolute Gasteiger partial charge is 0.262 e. The van der Waals surface area contributed by atoms with Crippen LogP contribution in [0.15, 0.2) is 39.8 Å². The molecule has 6 nitrogen and oxygen atoms in total. The number of aromatic amines is 1. The number of hydrogen-bond acceptors (Lipinski definition) is 4. The van der Waals surface area contributed by atoms with E-state index in [1.165, 1.54) is 6.33 Å². The number of benzene rings is 1. The zero-order valence-corrected chi connectivity index (χ0v) is 12.8. The van der Waals surface area contributed by atoms with Gasteiger partial charge in [-0.25, -0.2) is 4.98 Å². The highest BCUT2D eigenvalue weighted by Crippen LogP contribution is 2.37. The van der Waals surface area contributed by atoms with Gasteiger partial charge < -0.3 is 14.3 Å². The second kappa shape index (κ2) is 4.81. The van der Waals surface area contributed by atoms with Crippen LogP contribution in [0.4, 0.5) is 5.69 Å². The SMILES string of the molecule is Cc1oc2nc[nH]c(=O)c2c1C(=O)N1C[C@@H](C)c2ccccc21. The minimum Gasteiger partial charge on any atom is -0.442 e. The normalized spacial score (nSPS) is 16.8. The van der Waals surface area contributed by atoms with Gasteiger partial charge in [0.25, 0.3) is 11.5 Å². The Morgan fingerprint density at radius 3 is 3.00 bits per heavy atom. The predicted molar refractivity (Wildman–Crippen MR) is 85.9 cm³/mol. The van der Waals surface area contributed by atoms with Gasteiger partial charge in [-0.05, 0) is 18.6 Å². The third-order valence-corrected chi connectivity index (χ3v) is 4.34. The molecule has 0 saturated heterocycles. The third-order valence-electron chi connectivity index (χ3n) is 4.34. The highest BCUT2D eigenvalue weighted by Gasteiger charge is 2.33. The Labute approximate surface area is 131 Å². The first kappa shape index (κ1) is 13.8. The van der Waals surface area contributed by atoms with Crippen LogP contribution in [0.3, 0.4) is 0 Å². The van der Waals surface area contributed by atoms with Gasteiger partial charge in [0, 0.05) is 18.2 Å². The van der Waals surface area contributed by atoms with Crippen molar-refractivity contribution in [3.8, 4) is 0 Å². The number of carbonyl (C=O) groups is 1. The number of nitrogens with one attached hydrogen (secondary N) is 1. The highest BCUT2D eigenvalue weighted by atomic mass is 16.3. The molecule has 1 aliphatic heterocycles. The summed E-state index contributed by atoms with van der Waals surface area (Å²) >= 11 is 0. The molecule has 0 spiro atoms. The van der Waals surface area contributed by atoms with Crippen LogP contribution in [0.25, 0.3) is 11.1 Å². The van der Waals surface area contributed by atoms with Gasteiger partial charge in [-0.1, -0.05) is 25.1 Å². The van der Waals surface area contributed by atoms with Gasteiger partial charge in [-0.3, -0.25) is 9.59 Å². The van der Waals surface area contributed by atoms with Crippen molar-refractivity contribution < 1.29 is 9.21 Å². The Morgan fingerprint density at radius 1 is 1.39 bits per heavy atom. The van der Waals surface area contributed by atoms with Crippen molar-refractivity contribution in [2.24, 2.45) is 0 Å². The second-order valence-corrected chi connectivity index (χ2v) is 5.82. The van der Waals surface area contributed by atoms with E-state index >= 15 is 0 Å². The summed E-state index contributed by atoms with van der Waals surface area (Å²) in [5.41, 5.74) is 2.14. The van der Waals surface area contributed by atoms with E-state index in [1.54, 1.807) is 11.8 Å². The summed E-state index contributed by atoms with van der Waals surface area (Å²) in [7, 11) is 0. The molecular weight excluding hydrogens is 294 g/mol. The largest absolute Gasteiger partial charge is 0.442 e. The average Bonchev–Trinajstić information content (AvgIpc) is 3.05. The first-order chi connectivity index (χ1) is 11.1. The number of rotatable bonds is 1. The van der Waals surface area contributed by atoms with E-state index in [4.69, 9.17) is 4.42 Å². The highest BCUT2D eigenvalue weighted by molar-refractivity contribution is 6.14. The van der Waals surface area contributed by atoms with Crippen LogP contribution in [0.1, 0.15) is 34.5 Å². The van der Waals surface area contributed by atoms with E-state index in [2.05, 4.69) is 16.9 Å². The fourth-order valence-corrected chi connectivity index (χ4v) is 3.26. The van der Waals surface area contributed by atoms with E-state index in [-0.39, 0.29) is 28.5 Å². The van der Waals surface area contributed by atoms with E-state index in [9.17, 15) is 9.59 Å². The zero-order chi connectivity index (χ0) is 16.1. The fraction of sp³-hybridized carbons (Fsp3) is 0.235. The molecule has 116 valence electrons. The molecule has 3 aromatic rings. The molecule has 0 unspecified atom stereocenters. The molecule has 1 atom stereocenters. The summed E-state index contributed by atoms with van der Waals surface area (Å²) in [5.74, 6) is 0.438. The number of hydrogen-bond donors (Lipinski definition) is 1. The number of aryl methyl sites for hydroxylation is 1. The van der Waals surface area contributed by atoms with Crippen LogP contribution < -0.4 is 10.5 Å². The molecule has 0 fully saturated rings. The number of carbonyl (C=O) groups excluding carboxylic acids is 1. The topological polar surface area (TPSA) is 79.2 Å².